The molecular weight excluding hydrogens is 418 g/mol. The SMILES string of the molecule is O=C(c1ccc2nc(-c3ccccc3)c(-c3ccccc3)nc2c1)N1CCCc2ccccc21. The van der Waals surface area contributed by atoms with Gasteiger partial charge in [0.2, 0.25) is 0 Å². The summed E-state index contributed by atoms with van der Waals surface area (Å²) in [4.78, 5) is 25.4. The normalized spacial score (nSPS) is 13.0. The van der Waals surface area contributed by atoms with Gasteiger partial charge in [0.25, 0.3) is 5.91 Å². The fraction of sp³-hybridized carbons (Fsp3) is 0.100. The molecule has 1 amide bonds. The molecule has 0 saturated carbocycles. The standard InChI is InChI=1S/C30H23N3O/c34-30(33-19-9-15-21-10-7-8-16-27(21)33)24-17-18-25-26(20-24)32-29(23-13-5-2-6-14-23)28(31-25)22-11-3-1-4-12-22/h1-8,10-14,16-18,20H,9,15,19H2. The van der Waals surface area contributed by atoms with Gasteiger partial charge in [0.1, 0.15) is 0 Å². The summed E-state index contributed by atoms with van der Waals surface area (Å²) in [5.41, 5.74) is 8.01. The second-order valence-corrected chi connectivity index (χ2v) is 8.55. The zero-order valence-corrected chi connectivity index (χ0v) is 18.7. The van der Waals surface area contributed by atoms with Crippen molar-refractivity contribution in [3.05, 3.63) is 114 Å². The highest BCUT2D eigenvalue weighted by Crippen LogP contribution is 2.32. The van der Waals surface area contributed by atoms with E-state index in [1.54, 1.807) is 0 Å². The largest absolute Gasteiger partial charge is 0.308 e. The summed E-state index contributed by atoms with van der Waals surface area (Å²) in [5.74, 6) is 0.00393. The van der Waals surface area contributed by atoms with E-state index in [9.17, 15) is 4.79 Å². The fourth-order valence-electron chi connectivity index (χ4n) is 4.68. The number of aryl methyl sites for hydroxylation is 1. The van der Waals surface area contributed by atoms with E-state index in [0.29, 0.717) is 5.56 Å². The van der Waals surface area contributed by atoms with Gasteiger partial charge in [0.15, 0.2) is 0 Å². The molecule has 0 spiro atoms. The number of para-hydroxylation sites is 1. The van der Waals surface area contributed by atoms with Crippen LogP contribution in [-0.4, -0.2) is 22.4 Å². The van der Waals surface area contributed by atoms with Gasteiger partial charge in [-0.25, -0.2) is 9.97 Å². The molecule has 1 aliphatic rings. The second kappa shape index (κ2) is 8.56. The number of carbonyl (C=O) groups is 1. The van der Waals surface area contributed by atoms with Crippen molar-refractivity contribution in [1.82, 2.24) is 9.97 Å². The van der Waals surface area contributed by atoms with Crippen molar-refractivity contribution in [3.63, 3.8) is 0 Å². The van der Waals surface area contributed by atoms with Crippen LogP contribution in [-0.2, 0) is 6.42 Å². The molecule has 0 radical (unpaired) electrons. The second-order valence-electron chi connectivity index (χ2n) is 8.55. The molecule has 4 nitrogen and oxygen atoms in total. The molecule has 0 fully saturated rings. The Hall–Kier alpha value is -4.31. The number of fused-ring (bicyclic) bond motifs is 2. The van der Waals surface area contributed by atoms with Gasteiger partial charge in [-0.05, 0) is 42.7 Å². The molecule has 0 aliphatic carbocycles. The highest BCUT2D eigenvalue weighted by molar-refractivity contribution is 6.08. The highest BCUT2D eigenvalue weighted by Gasteiger charge is 2.24. The van der Waals surface area contributed by atoms with Crippen LogP contribution in [0.25, 0.3) is 33.5 Å². The van der Waals surface area contributed by atoms with E-state index < -0.39 is 0 Å². The first-order valence-corrected chi connectivity index (χ1v) is 11.6. The van der Waals surface area contributed by atoms with Crippen LogP contribution in [0.4, 0.5) is 5.69 Å². The molecule has 0 N–H and O–H groups in total. The van der Waals surface area contributed by atoms with Crippen molar-refractivity contribution in [3.8, 4) is 22.5 Å². The van der Waals surface area contributed by atoms with Gasteiger partial charge in [-0.3, -0.25) is 4.79 Å². The van der Waals surface area contributed by atoms with E-state index >= 15 is 0 Å². The number of carbonyl (C=O) groups excluding carboxylic acids is 1. The fourth-order valence-corrected chi connectivity index (χ4v) is 4.68. The van der Waals surface area contributed by atoms with Gasteiger partial charge in [0.05, 0.1) is 22.4 Å². The van der Waals surface area contributed by atoms with Crippen molar-refractivity contribution >= 4 is 22.6 Å². The number of anilines is 1. The van der Waals surface area contributed by atoms with Crippen molar-refractivity contribution < 1.29 is 4.79 Å². The van der Waals surface area contributed by atoms with Crippen molar-refractivity contribution in [2.24, 2.45) is 0 Å². The third-order valence-electron chi connectivity index (χ3n) is 6.36. The summed E-state index contributed by atoms with van der Waals surface area (Å²) in [6.45, 7) is 0.724. The van der Waals surface area contributed by atoms with Crippen LogP contribution in [0.1, 0.15) is 22.3 Å². The molecule has 2 heterocycles. The number of aromatic nitrogens is 2. The number of nitrogens with zero attached hydrogens (tertiary/aromatic N) is 3. The van der Waals surface area contributed by atoms with E-state index in [1.165, 1.54) is 5.56 Å². The minimum atomic E-state index is 0.00393. The van der Waals surface area contributed by atoms with Crippen molar-refractivity contribution in [2.75, 3.05) is 11.4 Å². The number of hydrogen-bond acceptors (Lipinski definition) is 3. The summed E-state index contributed by atoms with van der Waals surface area (Å²) in [7, 11) is 0. The van der Waals surface area contributed by atoms with Gasteiger partial charge in [0, 0.05) is 28.9 Å². The maximum atomic E-state index is 13.5. The summed E-state index contributed by atoms with van der Waals surface area (Å²) < 4.78 is 0. The molecule has 1 aliphatic heterocycles. The van der Waals surface area contributed by atoms with Gasteiger partial charge in [-0.1, -0.05) is 78.9 Å². The van der Waals surface area contributed by atoms with Crippen LogP contribution in [0.5, 0.6) is 0 Å². The Morgan fingerprint density at radius 3 is 2.00 bits per heavy atom. The molecule has 4 heteroatoms. The molecule has 164 valence electrons. The minimum Gasteiger partial charge on any atom is -0.308 e. The molecule has 1 aromatic heterocycles. The van der Waals surface area contributed by atoms with E-state index in [2.05, 4.69) is 6.07 Å². The average Bonchev–Trinajstić information content (AvgIpc) is 2.92. The third-order valence-corrected chi connectivity index (χ3v) is 6.36. The molecule has 6 rings (SSSR count). The lowest BCUT2D eigenvalue weighted by atomic mass is 10.0. The predicted octanol–water partition coefficient (Wildman–Crippen LogP) is 6.56. The first kappa shape index (κ1) is 20.3. The first-order valence-electron chi connectivity index (χ1n) is 11.6. The molecule has 0 bridgehead atoms. The Labute approximate surface area is 198 Å². The van der Waals surface area contributed by atoms with Crippen LogP contribution in [0.2, 0.25) is 0 Å². The third kappa shape index (κ3) is 3.63. The Kier molecular flexibility index (Phi) is 5.11. The van der Waals surface area contributed by atoms with Crippen LogP contribution in [0, 0.1) is 0 Å². The smallest absolute Gasteiger partial charge is 0.258 e. The lowest BCUT2D eigenvalue weighted by Gasteiger charge is -2.29. The first-order chi connectivity index (χ1) is 16.8. The Morgan fingerprint density at radius 1 is 0.676 bits per heavy atom. The quantitative estimate of drug-likeness (QED) is 0.319. The van der Waals surface area contributed by atoms with E-state index in [0.717, 1.165) is 58.6 Å². The Morgan fingerprint density at radius 2 is 1.29 bits per heavy atom. The topological polar surface area (TPSA) is 46.1 Å². The lowest BCUT2D eigenvalue weighted by molar-refractivity contribution is 0.0985. The zero-order valence-electron chi connectivity index (χ0n) is 18.7. The summed E-state index contributed by atoms with van der Waals surface area (Å²) in [6, 6.07) is 34.0. The Bertz CT molecular complexity index is 1500. The zero-order chi connectivity index (χ0) is 22.9. The van der Waals surface area contributed by atoms with Crippen LogP contribution in [0.15, 0.2) is 103 Å². The molecule has 0 unspecified atom stereocenters. The average molecular weight is 442 g/mol. The molecule has 0 atom stereocenters. The van der Waals surface area contributed by atoms with Crippen LogP contribution >= 0.6 is 0 Å². The van der Waals surface area contributed by atoms with Crippen molar-refractivity contribution in [2.45, 2.75) is 12.8 Å². The molecule has 5 aromatic rings. The van der Waals surface area contributed by atoms with Crippen molar-refractivity contribution in [1.29, 1.82) is 0 Å². The number of rotatable bonds is 3. The molecular formula is C30H23N3O. The van der Waals surface area contributed by atoms with E-state index in [-0.39, 0.29) is 5.91 Å². The summed E-state index contributed by atoms with van der Waals surface area (Å²) >= 11 is 0. The van der Waals surface area contributed by atoms with Gasteiger partial charge < -0.3 is 4.90 Å². The minimum absolute atomic E-state index is 0.00393. The van der Waals surface area contributed by atoms with Gasteiger partial charge in [-0.2, -0.15) is 0 Å². The van der Waals surface area contributed by atoms with E-state index in [1.807, 2.05) is 102 Å². The van der Waals surface area contributed by atoms with Crippen LogP contribution < -0.4 is 4.90 Å². The maximum Gasteiger partial charge on any atom is 0.258 e. The number of amides is 1. The summed E-state index contributed by atoms with van der Waals surface area (Å²) in [5, 5.41) is 0. The van der Waals surface area contributed by atoms with Gasteiger partial charge >= 0.3 is 0 Å². The number of benzene rings is 4. The maximum absolute atomic E-state index is 13.5. The van der Waals surface area contributed by atoms with Crippen LogP contribution in [0.3, 0.4) is 0 Å². The molecule has 34 heavy (non-hydrogen) atoms. The summed E-state index contributed by atoms with van der Waals surface area (Å²) in [6.07, 6.45) is 1.97. The number of hydrogen-bond donors (Lipinski definition) is 0. The van der Waals surface area contributed by atoms with E-state index in [4.69, 9.17) is 9.97 Å². The highest BCUT2D eigenvalue weighted by atomic mass is 16.2. The molecule has 0 saturated heterocycles. The Balaban J connectivity index is 1.47. The molecule has 4 aromatic carbocycles. The monoisotopic (exact) mass is 441 g/mol. The predicted molar refractivity (Wildman–Crippen MR) is 137 cm³/mol. The van der Waals surface area contributed by atoms with Gasteiger partial charge in [-0.15, -0.1) is 0 Å². The lowest BCUT2D eigenvalue weighted by Crippen LogP contribution is -2.35.